The van der Waals surface area contributed by atoms with E-state index in [4.69, 9.17) is 5.73 Å². The van der Waals surface area contributed by atoms with Gasteiger partial charge in [0.25, 0.3) is 0 Å². The third-order valence-electron chi connectivity index (χ3n) is 4.51. The molecule has 0 aliphatic carbocycles. The number of benzene rings is 1. The van der Waals surface area contributed by atoms with Crippen molar-refractivity contribution in [1.29, 1.82) is 0 Å². The molecule has 1 atom stereocenters. The fourth-order valence-electron chi connectivity index (χ4n) is 3.00. The predicted molar refractivity (Wildman–Crippen MR) is 90.6 cm³/mol. The summed E-state index contributed by atoms with van der Waals surface area (Å²) in [5.74, 6) is 0.102. The molecule has 1 aromatic rings. The van der Waals surface area contributed by atoms with Crippen LogP contribution in [0.3, 0.4) is 0 Å². The standard InChI is InChI=1S/C18H29N3O/c1-3-20(4-2)14-16-9-7-15(8-10-16)13-17(19)18(22)21-11-5-6-12-21/h7-10,17H,3-6,11-14,19H2,1-2H3. The number of carbonyl (C=O) groups is 1. The highest BCUT2D eigenvalue weighted by atomic mass is 16.2. The zero-order valence-corrected chi connectivity index (χ0v) is 13.9. The van der Waals surface area contributed by atoms with Crippen molar-refractivity contribution in [1.82, 2.24) is 9.80 Å². The Morgan fingerprint density at radius 1 is 1.14 bits per heavy atom. The lowest BCUT2D eigenvalue weighted by Gasteiger charge is -2.20. The molecule has 0 spiro atoms. The van der Waals surface area contributed by atoms with Crippen LogP contribution in [0.5, 0.6) is 0 Å². The van der Waals surface area contributed by atoms with Gasteiger partial charge in [-0.15, -0.1) is 0 Å². The first-order valence-electron chi connectivity index (χ1n) is 8.48. The zero-order valence-electron chi connectivity index (χ0n) is 13.9. The number of hydrogen-bond donors (Lipinski definition) is 1. The van der Waals surface area contributed by atoms with Crippen molar-refractivity contribution < 1.29 is 4.79 Å². The van der Waals surface area contributed by atoms with Gasteiger partial charge >= 0.3 is 0 Å². The summed E-state index contributed by atoms with van der Waals surface area (Å²) in [6, 6.07) is 8.11. The Bertz CT molecular complexity index is 462. The third kappa shape index (κ3) is 4.55. The summed E-state index contributed by atoms with van der Waals surface area (Å²) in [6.45, 7) is 9.21. The number of amides is 1. The Morgan fingerprint density at radius 2 is 1.68 bits per heavy atom. The van der Waals surface area contributed by atoms with E-state index in [1.54, 1.807) is 0 Å². The first kappa shape index (κ1) is 17.0. The van der Waals surface area contributed by atoms with Crippen LogP contribution in [0.1, 0.15) is 37.8 Å². The van der Waals surface area contributed by atoms with E-state index in [2.05, 4.69) is 43.0 Å². The van der Waals surface area contributed by atoms with E-state index < -0.39 is 6.04 Å². The van der Waals surface area contributed by atoms with Gasteiger partial charge < -0.3 is 10.6 Å². The minimum atomic E-state index is -0.410. The van der Waals surface area contributed by atoms with Gasteiger partial charge in [0.2, 0.25) is 5.91 Å². The Kier molecular flexibility index (Phi) is 6.40. The number of carbonyl (C=O) groups excluding carboxylic acids is 1. The number of nitrogens with two attached hydrogens (primary N) is 1. The lowest BCUT2D eigenvalue weighted by molar-refractivity contribution is -0.131. The van der Waals surface area contributed by atoms with Gasteiger partial charge in [-0.05, 0) is 43.5 Å². The zero-order chi connectivity index (χ0) is 15.9. The molecule has 0 radical (unpaired) electrons. The molecule has 1 heterocycles. The normalized spacial score (nSPS) is 16.3. The van der Waals surface area contributed by atoms with Crippen molar-refractivity contribution in [3.8, 4) is 0 Å². The lowest BCUT2D eigenvalue weighted by Crippen LogP contribution is -2.43. The molecule has 22 heavy (non-hydrogen) atoms. The van der Waals surface area contributed by atoms with E-state index >= 15 is 0 Å². The lowest BCUT2D eigenvalue weighted by atomic mass is 10.0. The molecule has 122 valence electrons. The minimum Gasteiger partial charge on any atom is -0.341 e. The molecule has 1 amide bonds. The van der Waals surface area contributed by atoms with Crippen LogP contribution in [-0.4, -0.2) is 47.9 Å². The SMILES string of the molecule is CCN(CC)Cc1ccc(CC(N)C(=O)N2CCCC2)cc1. The van der Waals surface area contributed by atoms with Crippen molar-refractivity contribution in [2.75, 3.05) is 26.2 Å². The summed E-state index contributed by atoms with van der Waals surface area (Å²) in [5.41, 5.74) is 8.55. The summed E-state index contributed by atoms with van der Waals surface area (Å²) >= 11 is 0. The molecule has 1 aliphatic rings. The molecule has 4 nitrogen and oxygen atoms in total. The van der Waals surface area contributed by atoms with Gasteiger partial charge in [0, 0.05) is 19.6 Å². The molecule has 2 rings (SSSR count). The Balaban J connectivity index is 1.88. The van der Waals surface area contributed by atoms with Crippen molar-refractivity contribution >= 4 is 5.91 Å². The van der Waals surface area contributed by atoms with E-state index in [0.29, 0.717) is 6.42 Å². The topological polar surface area (TPSA) is 49.6 Å². The highest BCUT2D eigenvalue weighted by molar-refractivity contribution is 5.82. The molecule has 1 saturated heterocycles. The molecular formula is C18H29N3O. The number of rotatable bonds is 7. The highest BCUT2D eigenvalue weighted by Crippen LogP contribution is 2.12. The molecule has 0 bridgehead atoms. The van der Waals surface area contributed by atoms with E-state index in [1.807, 2.05) is 4.90 Å². The van der Waals surface area contributed by atoms with Crippen molar-refractivity contribution in [2.45, 2.75) is 45.7 Å². The quantitative estimate of drug-likeness (QED) is 0.838. The smallest absolute Gasteiger partial charge is 0.239 e. The van der Waals surface area contributed by atoms with Crippen molar-refractivity contribution in [3.63, 3.8) is 0 Å². The van der Waals surface area contributed by atoms with E-state index in [9.17, 15) is 4.79 Å². The van der Waals surface area contributed by atoms with Crippen molar-refractivity contribution in [2.24, 2.45) is 5.73 Å². The first-order valence-corrected chi connectivity index (χ1v) is 8.48. The molecule has 2 N–H and O–H groups in total. The van der Waals surface area contributed by atoms with Gasteiger partial charge in [-0.3, -0.25) is 9.69 Å². The van der Waals surface area contributed by atoms with Crippen LogP contribution in [0.15, 0.2) is 24.3 Å². The molecule has 1 aliphatic heterocycles. The summed E-state index contributed by atoms with van der Waals surface area (Å²) in [4.78, 5) is 16.5. The Hall–Kier alpha value is -1.39. The molecule has 0 saturated carbocycles. The van der Waals surface area contributed by atoms with Crippen LogP contribution in [0.2, 0.25) is 0 Å². The maximum atomic E-state index is 12.2. The highest BCUT2D eigenvalue weighted by Gasteiger charge is 2.23. The van der Waals surface area contributed by atoms with Crippen molar-refractivity contribution in [3.05, 3.63) is 35.4 Å². The van der Waals surface area contributed by atoms with Gasteiger partial charge in [0.05, 0.1) is 6.04 Å². The van der Waals surface area contributed by atoms with Crippen LogP contribution in [0, 0.1) is 0 Å². The summed E-state index contributed by atoms with van der Waals surface area (Å²) < 4.78 is 0. The van der Waals surface area contributed by atoms with Crippen LogP contribution in [0.4, 0.5) is 0 Å². The number of likely N-dealkylation sites (tertiary alicyclic amines) is 1. The van der Waals surface area contributed by atoms with Gasteiger partial charge in [-0.1, -0.05) is 38.1 Å². The van der Waals surface area contributed by atoms with E-state index in [-0.39, 0.29) is 5.91 Å². The Labute approximate surface area is 134 Å². The summed E-state index contributed by atoms with van der Waals surface area (Å²) in [5, 5.41) is 0. The maximum absolute atomic E-state index is 12.2. The second-order valence-electron chi connectivity index (χ2n) is 6.12. The molecular weight excluding hydrogens is 274 g/mol. The van der Waals surface area contributed by atoms with E-state index in [1.165, 1.54) is 5.56 Å². The fraction of sp³-hybridized carbons (Fsp3) is 0.611. The second kappa shape index (κ2) is 8.30. The van der Waals surface area contributed by atoms with Gasteiger partial charge in [0.1, 0.15) is 0 Å². The number of hydrogen-bond acceptors (Lipinski definition) is 3. The predicted octanol–water partition coefficient (Wildman–Crippen LogP) is 2.02. The number of nitrogens with zero attached hydrogens (tertiary/aromatic N) is 2. The molecule has 0 aromatic heterocycles. The van der Waals surface area contributed by atoms with Crippen LogP contribution in [-0.2, 0) is 17.8 Å². The van der Waals surface area contributed by atoms with Crippen LogP contribution < -0.4 is 5.73 Å². The largest absolute Gasteiger partial charge is 0.341 e. The van der Waals surface area contributed by atoms with Gasteiger partial charge in [-0.25, -0.2) is 0 Å². The average Bonchev–Trinajstić information content (AvgIpc) is 3.07. The molecule has 4 heteroatoms. The van der Waals surface area contributed by atoms with Gasteiger partial charge in [-0.2, -0.15) is 0 Å². The van der Waals surface area contributed by atoms with E-state index in [0.717, 1.165) is 51.1 Å². The molecule has 1 unspecified atom stereocenters. The van der Waals surface area contributed by atoms with Gasteiger partial charge in [0.15, 0.2) is 0 Å². The molecule has 1 fully saturated rings. The summed E-state index contributed by atoms with van der Waals surface area (Å²) in [6.07, 6.45) is 2.85. The first-order chi connectivity index (χ1) is 10.6. The minimum absolute atomic E-state index is 0.102. The summed E-state index contributed by atoms with van der Waals surface area (Å²) in [7, 11) is 0. The monoisotopic (exact) mass is 303 g/mol. The van der Waals surface area contributed by atoms with Crippen LogP contribution in [0.25, 0.3) is 0 Å². The average molecular weight is 303 g/mol. The molecule has 1 aromatic carbocycles. The second-order valence-corrected chi connectivity index (χ2v) is 6.12. The Morgan fingerprint density at radius 3 is 2.23 bits per heavy atom. The third-order valence-corrected chi connectivity index (χ3v) is 4.51. The maximum Gasteiger partial charge on any atom is 0.239 e. The van der Waals surface area contributed by atoms with Crippen LogP contribution >= 0.6 is 0 Å². The fourth-order valence-corrected chi connectivity index (χ4v) is 3.00.